The summed E-state index contributed by atoms with van der Waals surface area (Å²) in [5.74, 6) is 0. The first-order chi connectivity index (χ1) is 23.3. The second-order valence-electron chi connectivity index (χ2n) is 14.1. The third kappa shape index (κ3) is 6.12. The third-order valence-electron chi connectivity index (χ3n) is 10.4. The second-order valence-corrected chi connectivity index (χ2v) is 14.1. The van der Waals surface area contributed by atoms with Gasteiger partial charge in [-0.15, -0.1) is 0 Å². The Kier molecular flexibility index (Phi) is 8.92. The van der Waals surface area contributed by atoms with Gasteiger partial charge in [0.05, 0.1) is 16.0 Å². The van der Waals surface area contributed by atoms with E-state index in [0.717, 1.165) is 36.1 Å². The van der Waals surface area contributed by atoms with Gasteiger partial charge in [0.1, 0.15) is 13.7 Å². The summed E-state index contributed by atoms with van der Waals surface area (Å²) in [7, 11) is 5.99. The fourth-order valence-electron chi connectivity index (χ4n) is 7.68. The molecule has 0 unspecified atom stereocenters. The number of likely N-dealkylation sites (N-methyl/N-ethyl adjacent to an activating group) is 2. The van der Waals surface area contributed by atoms with E-state index in [1.807, 2.05) is 0 Å². The molecular weight excluding hydrogens is 612 g/mol. The van der Waals surface area contributed by atoms with Crippen molar-refractivity contribution in [2.24, 2.45) is 0 Å². The molecule has 0 bridgehead atoms. The molecule has 2 heterocycles. The van der Waals surface area contributed by atoms with Crippen molar-refractivity contribution < 1.29 is 19.0 Å². The summed E-state index contributed by atoms with van der Waals surface area (Å²) in [6, 6.07) is 23.1. The largest absolute Gasteiger partial charge is 0.444 e. The lowest BCUT2D eigenvalue weighted by atomic mass is 9.81. The van der Waals surface area contributed by atoms with Crippen LogP contribution in [0.1, 0.15) is 63.6 Å². The molecule has 0 radical (unpaired) electrons. The van der Waals surface area contributed by atoms with Crippen LogP contribution in [0.25, 0.3) is 0 Å². The van der Waals surface area contributed by atoms with Gasteiger partial charge >= 0.3 is 6.09 Å². The molecule has 2 aliphatic heterocycles. The number of nitro benzene ring substituents is 1. The van der Waals surface area contributed by atoms with Crippen molar-refractivity contribution >= 4 is 28.9 Å². The minimum atomic E-state index is -0.483. The molecule has 1 aliphatic carbocycles. The highest BCUT2D eigenvalue weighted by Crippen LogP contribution is 2.47. The Morgan fingerprint density at radius 1 is 0.939 bits per heavy atom. The smallest absolute Gasteiger partial charge is 0.414 e. The molecular formula is C41H45N4O4+. The quantitative estimate of drug-likeness (QED) is 0.144. The average Bonchev–Trinajstić information content (AvgIpc) is 3.41. The highest BCUT2D eigenvalue weighted by Gasteiger charge is 2.43. The Morgan fingerprint density at radius 3 is 2.29 bits per heavy atom. The van der Waals surface area contributed by atoms with Crippen LogP contribution in [0.3, 0.4) is 0 Å². The van der Waals surface area contributed by atoms with Crippen molar-refractivity contribution in [3.8, 4) is 0 Å². The number of non-ortho nitro benzene ring substituents is 1. The summed E-state index contributed by atoms with van der Waals surface area (Å²) in [5.41, 5.74) is 10.7. The number of benzene rings is 3. The van der Waals surface area contributed by atoms with Gasteiger partial charge in [-0.2, -0.15) is 4.58 Å². The highest BCUT2D eigenvalue weighted by atomic mass is 16.6. The molecule has 1 amide bonds. The fraction of sp³-hybridized carbons (Fsp3) is 0.317. The SMILES string of the molecule is CN(C(=O)OCc1ccc([N+](=O)[O-])cc1)C1=C(/C=C/C2=[N+](C)c3ccccc3C2(C)C)CCC/C1=C\C=C1\N(C)c2ccccc2C1(C)C. The average molecular weight is 658 g/mol. The Bertz CT molecular complexity index is 1980. The van der Waals surface area contributed by atoms with Gasteiger partial charge in [0.2, 0.25) is 5.69 Å². The zero-order valence-electron chi connectivity index (χ0n) is 29.5. The van der Waals surface area contributed by atoms with Crippen molar-refractivity contribution in [1.82, 2.24) is 4.90 Å². The molecule has 49 heavy (non-hydrogen) atoms. The van der Waals surface area contributed by atoms with Crippen molar-refractivity contribution in [2.75, 3.05) is 26.0 Å². The van der Waals surface area contributed by atoms with E-state index in [4.69, 9.17) is 4.74 Å². The van der Waals surface area contributed by atoms with E-state index in [1.165, 1.54) is 46.0 Å². The predicted octanol–water partition coefficient (Wildman–Crippen LogP) is 9.10. The minimum Gasteiger partial charge on any atom is -0.444 e. The number of nitrogens with zero attached hydrogens (tertiary/aromatic N) is 4. The number of fused-ring (bicyclic) bond motifs is 2. The molecule has 3 aromatic carbocycles. The number of carbonyl (C=O) groups is 1. The molecule has 0 atom stereocenters. The summed E-state index contributed by atoms with van der Waals surface area (Å²) in [5, 5.41) is 11.1. The highest BCUT2D eigenvalue weighted by molar-refractivity contribution is 6.03. The van der Waals surface area contributed by atoms with Crippen LogP contribution in [0.4, 0.5) is 21.9 Å². The zero-order valence-corrected chi connectivity index (χ0v) is 29.5. The van der Waals surface area contributed by atoms with Crippen LogP contribution in [0.5, 0.6) is 0 Å². The van der Waals surface area contributed by atoms with Crippen LogP contribution in [0, 0.1) is 10.1 Å². The number of para-hydroxylation sites is 2. The normalized spacial score (nSPS) is 19.5. The van der Waals surface area contributed by atoms with E-state index in [2.05, 4.69) is 124 Å². The summed E-state index contributed by atoms with van der Waals surface area (Å²) < 4.78 is 8.03. The molecule has 8 heteroatoms. The van der Waals surface area contributed by atoms with E-state index in [-0.39, 0.29) is 23.1 Å². The van der Waals surface area contributed by atoms with Crippen molar-refractivity contribution in [1.29, 1.82) is 0 Å². The van der Waals surface area contributed by atoms with Gasteiger partial charge in [0, 0.05) is 60.7 Å². The van der Waals surface area contributed by atoms with Gasteiger partial charge in [-0.05, 0) is 79.7 Å². The standard InChI is InChI=1S/C41H45N4O4/c1-40(2)32-15-8-10-17-34(32)42(5)36(40)25-21-29-13-12-14-30(22-26-37-41(3,4)33-16-9-11-18-35(33)43(37)6)38(29)44(7)39(46)49-27-28-19-23-31(24-20-28)45(47)48/h8-11,15-26H,12-14,27H2,1-7H3/q+1. The van der Waals surface area contributed by atoms with Gasteiger partial charge in [0.15, 0.2) is 5.71 Å². The molecule has 0 spiro atoms. The molecule has 0 N–H and O–H groups in total. The van der Waals surface area contributed by atoms with Crippen LogP contribution in [-0.4, -0.2) is 47.3 Å². The number of rotatable bonds is 7. The number of hydrogen-bond donors (Lipinski definition) is 0. The molecule has 8 nitrogen and oxygen atoms in total. The summed E-state index contributed by atoms with van der Waals surface area (Å²) >= 11 is 0. The Labute approximate surface area is 289 Å². The lowest BCUT2D eigenvalue weighted by Crippen LogP contribution is -2.30. The molecule has 0 aromatic heterocycles. The maximum absolute atomic E-state index is 13.7. The van der Waals surface area contributed by atoms with Gasteiger partial charge < -0.3 is 9.64 Å². The van der Waals surface area contributed by atoms with E-state index in [0.29, 0.717) is 5.56 Å². The molecule has 0 saturated heterocycles. The van der Waals surface area contributed by atoms with Crippen LogP contribution in [0.15, 0.2) is 120 Å². The van der Waals surface area contributed by atoms with Gasteiger partial charge in [0.25, 0.3) is 5.69 Å². The van der Waals surface area contributed by atoms with Gasteiger partial charge in [-0.3, -0.25) is 15.0 Å². The zero-order chi connectivity index (χ0) is 35.1. The van der Waals surface area contributed by atoms with Crippen LogP contribution in [0.2, 0.25) is 0 Å². The van der Waals surface area contributed by atoms with Crippen LogP contribution < -0.4 is 4.90 Å². The van der Waals surface area contributed by atoms with E-state index in [9.17, 15) is 14.9 Å². The number of amides is 1. The molecule has 6 rings (SSSR count). The number of hydrogen-bond acceptors (Lipinski definition) is 5. The fourth-order valence-corrected chi connectivity index (χ4v) is 7.68. The van der Waals surface area contributed by atoms with Crippen molar-refractivity contribution in [3.63, 3.8) is 0 Å². The topological polar surface area (TPSA) is 78.9 Å². The van der Waals surface area contributed by atoms with E-state index < -0.39 is 11.0 Å². The summed E-state index contributed by atoms with van der Waals surface area (Å²) in [6.07, 6.45) is 10.9. The summed E-state index contributed by atoms with van der Waals surface area (Å²) in [6.45, 7) is 9.02. The van der Waals surface area contributed by atoms with E-state index in [1.54, 1.807) is 24.1 Å². The predicted molar refractivity (Wildman–Crippen MR) is 195 cm³/mol. The maximum atomic E-state index is 13.7. The molecule has 0 saturated carbocycles. The number of ether oxygens (including phenoxy) is 1. The van der Waals surface area contributed by atoms with E-state index >= 15 is 0 Å². The first-order valence-corrected chi connectivity index (χ1v) is 16.8. The molecule has 0 fully saturated rings. The van der Waals surface area contributed by atoms with Crippen LogP contribution >= 0.6 is 0 Å². The molecule has 3 aliphatic rings. The second kappa shape index (κ2) is 13.0. The number of anilines is 1. The number of allylic oxidation sites excluding steroid dienone is 7. The number of nitro groups is 1. The first-order valence-electron chi connectivity index (χ1n) is 16.8. The van der Waals surface area contributed by atoms with Crippen molar-refractivity contribution in [3.05, 3.63) is 146 Å². The lowest BCUT2D eigenvalue weighted by Gasteiger charge is -2.29. The Balaban J connectivity index is 1.37. The summed E-state index contributed by atoms with van der Waals surface area (Å²) in [4.78, 5) is 28.2. The Morgan fingerprint density at radius 2 is 1.61 bits per heavy atom. The third-order valence-corrected chi connectivity index (χ3v) is 10.4. The van der Waals surface area contributed by atoms with Gasteiger partial charge in [-0.1, -0.05) is 62.4 Å². The lowest BCUT2D eigenvalue weighted by molar-refractivity contribution is -0.401. The molecule has 252 valence electrons. The first kappa shape index (κ1) is 33.7. The monoisotopic (exact) mass is 657 g/mol. The Hall–Kier alpha value is -5.24. The van der Waals surface area contributed by atoms with Gasteiger partial charge in [-0.25, -0.2) is 4.79 Å². The van der Waals surface area contributed by atoms with Crippen LogP contribution in [-0.2, 0) is 22.2 Å². The van der Waals surface area contributed by atoms with Crippen molar-refractivity contribution in [2.45, 2.75) is 64.4 Å². The minimum absolute atomic E-state index is 0.00360. The maximum Gasteiger partial charge on any atom is 0.414 e. The molecule has 3 aromatic rings. The number of carbonyl (C=O) groups excluding carboxylic acids is 1.